The number of benzene rings is 1. The molecule has 0 spiro atoms. The van der Waals surface area contributed by atoms with Gasteiger partial charge in [0.2, 0.25) is 0 Å². The maximum Gasteiger partial charge on any atom is 0.335 e. The minimum absolute atomic E-state index is 0.443. The van der Waals surface area contributed by atoms with Gasteiger partial charge in [0.1, 0.15) is 0 Å². The molecule has 0 amide bonds. The molecule has 2 rings (SSSR count). The molecule has 0 bridgehead atoms. The van der Waals surface area contributed by atoms with Gasteiger partial charge in [-0.1, -0.05) is 6.07 Å². The van der Waals surface area contributed by atoms with Crippen molar-refractivity contribution in [3.05, 3.63) is 34.4 Å². The molecule has 0 aromatic heterocycles. The summed E-state index contributed by atoms with van der Waals surface area (Å²) in [6.07, 6.45) is 3.35. The zero-order valence-electron chi connectivity index (χ0n) is 10.4. The number of hydrogen-bond donors (Lipinski definition) is 2. The zero-order valence-corrected chi connectivity index (χ0v) is 10.4. The van der Waals surface area contributed by atoms with E-state index in [1.54, 1.807) is 0 Å². The Morgan fingerprint density at radius 1 is 1.47 bits per heavy atom. The van der Waals surface area contributed by atoms with Gasteiger partial charge in [0.25, 0.3) is 0 Å². The fraction of sp³-hybridized carbons (Fsp3) is 0.500. The summed E-state index contributed by atoms with van der Waals surface area (Å²) in [5.74, 6) is -0.827. The van der Waals surface area contributed by atoms with Gasteiger partial charge in [0.05, 0.1) is 5.56 Å². The number of carboxylic acid groups (broad SMARTS) is 1. The topological polar surface area (TPSA) is 49.3 Å². The third-order valence-electron chi connectivity index (χ3n) is 3.60. The van der Waals surface area contributed by atoms with Gasteiger partial charge in [0, 0.05) is 6.04 Å². The Morgan fingerprint density at radius 3 is 2.82 bits per heavy atom. The SMILES string of the molecule is Cc1cc(CC2CCCN2)cc(C(=O)O)c1C. The number of carbonyl (C=O) groups is 1. The van der Waals surface area contributed by atoms with Gasteiger partial charge in [-0.2, -0.15) is 0 Å². The fourth-order valence-corrected chi connectivity index (χ4v) is 2.49. The second-order valence-electron chi connectivity index (χ2n) is 4.89. The Hall–Kier alpha value is -1.35. The molecular formula is C14H19NO2. The largest absolute Gasteiger partial charge is 0.478 e. The molecule has 1 heterocycles. The predicted molar refractivity (Wildman–Crippen MR) is 67.6 cm³/mol. The summed E-state index contributed by atoms with van der Waals surface area (Å²) < 4.78 is 0. The smallest absolute Gasteiger partial charge is 0.335 e. The summed E-state index contributed by atoms with van der Waals surface area (Å²) in [6.45, 7) is 4.94. The minimum Gasteiger partial charge on any atom is -0.478 e. The zero-order chi connectivity index (χ0) is 12.4. The van der Waals surface area contributed by atoms with Crippen molar-refractivity contribution in [2.45, 2.75) is 39.2 Å². The van der Waals surface area contributed by atoms with E-state index in [9.17, 15) is 4.79 Å². The van der Waals surface area contributed by atoms with Gasteiger partial charge in [-0.3, -0.25) is 0 Å². The van der Waals surface area contributed by atoms with Crippen molar-refractivity contribution in [2.24, 2.45) is 0 Å². The highest BCUT2D eigenvalue weighted by molar-refractivity contribution is 5.90. The van der Waals surface area contributed by atoms with Crippen molar-refractivity contribution in [1.29, 1.82) is 0 Å². The monoisotopic (exact) mass is 233 g/mol. The van der Waals surface area contributed by atoms with Gasteiger partial charge in [0.15, 0.2) is 0 Å². The second-order valence-corrected chi connectivity index (χ2v) is 4.89. The first kappa shape index (κ1) is 12.1. The minimum atomic E-state index is -0.827. The van der Waals surface area contributed by atoms with E-state index in [0.717, 1.165) is 29.7 Å². The molecule has 1 aliphatic rings. The lowest BCUT2D eigenvalue weighted by Gasteiger charge is -2.13. The average Bonchev–Trinajstić information content (AvgIpc) is 2.75. The number of carboxylic acids is 1. The molecule has 3 heteroatoms. The van der Waals surface area contributed by atoms with E-state index in [4.69, 9.17) is 5.11 Å². The molecule has 0 radical (unpaired) electrons. The lowest BCUT2D eigenvalue weighted by molar-refractivity contribution is 0.0696. The standard InChI is InChI=1S/C14H19NO2/c1-9-6-11(7-12-4-3-5-15-12)8-13(10(9)2)14(16)17/h6,8,12,15H,3-5,7H2,1-2H3,(H,16,17). The molecule has 1 fully saturated rings. The quantitative estimate of drug-likeness (QED) is 0.842. The Morgan fingerprint density at radius 2 is 2.24 bits per heavy atom. The summed E-state index contributed by atoms with van der Waals surface area (Å²) in [5.41, 5.74) is 3.52. The number of aryl methyl sites for hydroxylation is 1. The lowest BCUT2D eigenvalue weighted by Crippen LogP contribution is -2.23. The number of rotatable bonds is 3. The van der Waals surface area contributed by atoms with Crippen LogP contribution >= 0.6 is 0 Å². The van der Waals surface area contributed by atoms with Crippen molar-refractivity contribution in [3.63, 3.8) is 0 Å². The molecule has 3 nitrogen and oxygen atoms in total. The van der Waals surface area contributed by atoms with Gasteiger partial charge in [-0.05, 0) is 62.4 Å². The highest BCUT2D eigenvalue weighted by Crippen LogP contribution is 2.19. The molecular weight excluding hydrogens is 214 g/mol. The van der Waals surface area contributed by atoms with Crippen LogP contribution in [0.15, 0.2) is 12.1 Å². The molecule has 1 unspecified atom stereocenters. The molecule has 92 valence electrons. The predicted octanol–water partition coefficient (Wildman–Crippen LogP) is 2.30. The Bertz CT molecular complexity index is 434. The molecule has 2 N–H and O–H groups in total. The van der Waals surface area contributed by atoms with Gasteiger partial charge >= 0.3 is 5.97 Å². The Kier molecular flexibility index (Phi) is 3.48. The Labute approximate surface area is 102 Å². The third-order valence-corrected chi connectivity index (χ3v) is 3.60. The van der Waals surface area contributed by atoms with Crippen molar-refractivity contribution in [2.75, 3.05) is 6.54 Å². The summed E-state index contributed by atoms with van der Waals surface area (Å²) in [6, 6.07) is 4.45. The summed E-state index contributed by atoms with van der Waals surface area (Å²) in [7, 11) is 0. The van der Waals surface area contributed by atoms with Crippen molar-refractivity contribution in [1.82, 2.24) is 5.32 Å². The highest BCUT2D eigenvalue weighted by Gasteiger charge is 2.16. The number of hydrogen-bond acceptors (Lipinski definition) is 2. The van der Waals surface area contributed by atoms with Crippen molar-refractivity contribution in [3.8, 4) is 0 Å². The van der Waals surface area contributed by atoms with Crippen molar-refractivity contribution >= 4 is 5.97 Å². The molecule has 1 atom stereocenters. The first-order valence-corrected chi connectivity index (χ1v) is 6.14. The molecule has 1 saturated heterocycles. The first-order valence-electron chi connectivity index (χ1n) is 6.14. The molecule has 1 aromatic rings. The second kappa shape index (κ2) is 4.88. The molecule has 1 aliphatic heterocycles. The first-order chi connectivity index (χ1) is 8.08. The van der Waals surface area contributed by atoms with Crippen LogP contribution in [0.1, 0.15) is 39.9 Å². The maximum atomic E-state index is 11.1. The molecule has 1 aromatic carbocycles. The Balaban J connectivity index is 2.25. The van der Waals surface area contributed by atoms with Crippen LogP contribution in [-0.4, -0.2) is 23.7 Å². The van der Waals surface area contributed by atoms with E-state index in [1.807, 2.05) is 19.9 Å². The molecule has 0 saturated carbocycles. The third kappa shape index (κ3) is 2.67. The molecule has 0 aliphatic carbocycles. The summed E-state index contributed by atoms with van der Waals surface area (Å²) in [4.78, 5) is 11.1. The lowest BCUT2D eigenvalue weighted by atomic mass is 9.96. The number of aromatic carboxylic acids is 1. The number of nitrogens with one attached hydrogen (secondary N) is 1. The van der Waals surface area contributed by atoms with E-state index in [2.05, 4.69) is 11.4 Å². The van der Waals surface area contributed by atoms with Crippen LogP contribution in [0.5, 0.6) is 0 Å². The molecule has 17 heavy (non-hydrogen) atoms. The van der Waals surface area contributed by atoms with Crippen LogP contribution in [0.3, 0.4) is 0 Å². The summed E-state index contributed by atoms with van der Waals surface area (Å²) in [5, 5.41) is 12.6. The van der Waals surface area contributed by atoms with E-state index in [1.165, 1.54) is 12.8 Å². The van der Waals surface area contributed by atoms with E-state index in [0.29, 0.717) is 11.6 Å². The van der Waals surface area contributed by atoms with Gasteiger partial charge < -0.3 is 10.4 Å². The van der Waals surface area contributed by atoms with E-state index >= 15 is 0 Å². The van der Waals surface area contributed by atoms with Crippen LogP contribution < -0.4 is 5.32 Å². The fourth-order valence-electron chi connectivity index (χ4n) is 2.49. The highest BCUT2D eigenvalue weighted by atomic mass is 16.4. The average molecular weight is 233 g/mol. The normalized spacial score (nSPS) is 19.5. The van der Waals surface area contributed by atoms with Gasteiger partial charge in [-0.25, -0.2) is 4.79 Å². The van der Waals surface area contributed by atoms with Crippen LogP contribution in [-0.2, 0) is 6.42 Å². The van der Waals surface area contributed by atoms with Crippen molar-refractivity contribution < 1.29 is 9.90 Å². The maximum absolute atomic E-state index is 11.1. The van der Waals surface area contributed by atoms with E-state index in [-0.39, 0.29) is 0 Å². The van der Waals surface area contributed by atoms with E-state index < -0.39 is 5.97 Å². The van der Waals surface area contributed by atoms with Crippen LogP contribution in [0.4, 0.5) is 0 Å². The van der Waals surface area contributed by atoms with Crippen LogP contribution in [0.25, 0.3) is 0 Å². The van der Waals surface area contributed by atoms with Gasteiger partial charge in [-0.15, -0.1) is 0 Å². The summed E-state index contributed by atoms with van der Waals surface area (Å²) >= 11 is 0. The van der Waals surface area contributed by atoms with Crippen LogP contribution in [0.2, 0.25) is 0 Å². The van der Waals surface area contributed by atoms with Crippen LogP contribution in [0, 0.1) is 13.8 Å².